The van der Waals surface area contributed by atoms with Gasteiger partial charge in [-0.25, -0.2) is 0 Å². The Morgan fingerprint density at radius 2 is 0.625 bits per heavy atom. The molecule has 0 radical (unpaired) electrons. The SMILES string of the molecule is C(C#CC#C[13C]#Cc1ccccc1)#CC#C[13C]#Cc1ccccc1. The number of benzene rings is 2. The van der Waals surface area contributed by atoms with Crippen molar-refractivity contribution in [3.8, 4) is 71.0 Å². The largest absolute Gasteiger partial charge is 0.0622 e. The van der Waals surface area contributed by atoms with Gasteiger partial charge in [0.05, 0.1) is 0 Å². The molecule has 0 N–H and O–H groups in total. The lowest BCUT2D eigenvalue weighted by atomic mass is 10.2. The van der Waals surface area contributed by atoms with Gasteiger partial charge in [0.1, 0.15) is 0 Å². The lowest BCUT2D eigenvalue weighted by Gasteiger charge is -1.83. The van der Waals surface area contributed by atoms with E-state index in [1.165, 1.54) is 0 Å². The molecule has 24 heavy (non-hydrogen) atoms. The summed E-state index contributed by atoms with van der Waals surface area (Å²) in [5, 5.41) is 0. The topological polar surface area (TPSA) is 0 Å². The van der Waals surface area contributed by atoms with Crippen molar-refractivity contribution in [2.75, 3.05) is 0 Å². The van der Waals surface area contributed by atoms with Gasteiger partial charge in [-0.2, -0.15) is 0 Å². The molecule has 0 unspecified atom stereocenters. The molecule has 2 aromatic rings. The summed E-state index contributed by atoms with van der Waals surface area (Å²) in [7, 11) is 0. The summed E-state index contributed by atoms with van der Waals surface area (Å²) in [5.74, 6) is 32.2. The molecule has 0 saturated heterocycles. The van der Waals surface area contributed by atoms with E-state index in [9.17, 15) is 0 Å². The van der Waals surface area contributed by atoms with E-state index in [-0.39, 0.29) is 0 Å². The van der Waals surface area contributed by atoms with Gasteiger partial charge in [-0.3, -0.25) is 0 Å². The van der Waals surface area contributed by atoms with Crippen molar-refractivity contribution in [2.45, 2.75) is 0 Å². The quantitative estimate of drug-likeness (QED) is 0.518. The van der Waals surface area contributed by atoms with E-state index >= 15 is 0 Å². The third kappa shape index (κ3) is 6.99. The fraction of sp³-hybridized carbons (Fsp3) is 0. The van der Waals surface area contributed by atoms with Crippen molar-refractivity contribution in [3.63, 3.8) is 0 Å². The molecule has 0 aliphatic heterocycles. The first-order valence-corrected chi connectivity index (χ1v) is 7.07. The molecule has 0 aliphatic carbocycles. The highest BCUT2D eigenvalue weighted by Crippen LogP contribution is 1.94. The van der Waals surface area contributed by atoms with E-state index in [1.54, 1.807) is 0 Å². The van der Waals surface area contributed by atoms with Crippen LogP contribution in [0.2, 0.25) is 0 Å². The average Bonchev–Trinajstić information content (AvgIpc) is 2.64. The van der Waals surface area contributed by atoms with Gasteiger partial charge in [-0.1, -0.05) is 48.2 Å². The number of hydrogen-bond donors (Lipinski definition) is 0. The summed E-state index contributed by atoms with van der Waals surface area (Å²) in [6.45, 7) is 0. The fourth-order valence-corrected chi connectivity index (χ4v) is 1.50. The zero-order chi connectivity index (χ0) is 16.7. The molecule has 2 aromatic carbocycles. The predicted octanol–water partition coefficient (Wildman–Crippen LogP) is 3.10. The standard InChI is InChI=1S/C24H10/c1(3-5-7-11-17-23-19-13-9-14-20-23)2-4-6-8-12-18-24-21-15-10-16-22-24/h9-10,13-16,19-22H/i11+1,12+1. The van der Waals surface area contributed by atoms with Gasteiger partial charge in [0, 0.05) is 11.1 Å². The molecular weight excluding hydrogens is 290 g/mol. The molecule has 0 spiro atoms. The van der Waals surface area contributed by atoms with Crippen LogP contribution in [0, 0.1) is 71.0 Å². The van der Waals surface area contributed by atoms with Crippen molar-refractivity contribution in [3.05, 3.63) is 71.8 Å². The lowest BCUT2D eigenvalue weighted by Crippen LogP contribution is -1.68. The first kappa shape index (κ1) is 16.2. The van der Waals surface area contributed by atoms with Crippen LogP contribution in [0.25, 0.3) is 0 Å². The molecule has 0 aliphatic rings. The molecule has 0 bridgehead atoms. The van der Waals surface area contributed by atoms with Crippen molar-refractivity contribution < 1.29 is 0 Å². The highest BCUT2D eigenvalue weighted by molar-refractivity contribution is 5.47. The summed E-state index contributed by atoms with van der Waals surface area (Å²) in [6.07, 6.45) is 0. The van der Waals surface area contributed by atoms with E-state index in [1.807, 2.05) is 60.7 Å². The van der Waals surface area contributed by atoms with Gasteiger partial charge in [0.15, 0.2) is 0 Å². The molecule has 0 aromatic heterocycles. The maximum atomic E-state index is 2.92. The molecule has 0 saturated carbocycles. The second kappa shape index (κ2) is 10.5. The van der Waals surface area contributed by atoms with Crippen molar-refractivity contribution in [1.29, 1.82) is 0 Å². The molecule has 0 amide bonds. The Balaban J connectivity index is 1.83. The second-order valence-electron chi connectivity index (χ2n) is 4.23. The van der Waals surface area contributed by atoms with Crippen LogP contribution in [0.4, 0.5) is 0 Å². The Morgan fingerprint density at radius 1 is 0.333 bits per heavy atom. The smallest absolute Gasteiger partial charge is 0.0255 e. The van der Waals surface area contributed by atoms with E-state index in [4.69, 9.17) is 0 Å². The summed E-state index contributed by atoms with van der Waals surface area (Å²) in [4.78, 5) is 0. The highest BCUT2D eigenvalue weighted by Gasteiger charge is 1.79. The lowest BCUT2D eigenvalue weighted by molar-refractivity contribution is 1.65. The molecule has 0 heteroatoms. The Kier molecular flexibility index (Phi) is 7.09. The molecule has 0 fully saturated rings. The fourth-order valence-electron chi connectivity index (χ4n) is 1.50. The van der Waals surface area contributed by atoms with E-state index in [0.29, 0.717) is 0 Å². The van der Waals surface area contributed by atoms with Crippen LogP contribution in [0.15, 0.2) is 60.7 Å². The zero-order valence-corrected chi connectivity index (χ0v) is 12.8. The summed E-state index contributed by atoms with van der Waals surface area (Å²) >= 11 is 0. The number of rotatable bonds is 0. The normalized spacial score (nSPS) is 6.83. The van der Waals surface area contributed by atoms with Gasteiger partial charge >= 0.3 is 0 Å². The van der Waals surface area contributed by atoms with Gasteiger partial charge in [0.2, 0.25) is 0 Å². The summed E-state index contributed by atoms with van der Waals surface area (Å²) in [6, 6.07) is 19.3. The van der Waals surface area contributed by atoms with Crippen LogP contribution in [0.1, 0.15) is 11.1 Å². The third-order valence-corrected chi connectivity index (χ3v) is 2.52. The summed E-state index contributed by atoms with van der Waals surface area (Å²) in [5.41, 5.74) is 1.85. The van der Waals surface area contributed by atoms with Crippen LogP contribution >= 0.6 is 0 Å². The minimum atomic E-state index is 0.923. The maximum absolute atomic E-state index is 2.92. The predicted molar refractivity (Wildman–Crippen MR) is 97.7 cm³/mol. The van der Waals surface area contributed by atoms with Crippen molar-refractivity contribution >= 4 is 0 Å². The highest BCUT2D eigenvalue weighted by atomic mass is 14.0. The number of hydrogen-bond acceptors (Lipinski definition) is 0. The molecule has 0 heterocycles. The van der Waals surface area contributed by atoms with Crippen molar-refractivity contribution in [1.82, 2.24) is 0 Å². The molecule has 0 nitrogen and oxygen atoms in total. The van der Waals surface area contributed by atoms with E-state index < -0.39 is 0 Å². The first-order valence-electron chi connectivity index (χ1n) is 7.07. The van der Waals surface area contributed by atoms with Gasteiger partial charge < -0.3 is 0 Å². The van der Waals surface area contributed by atoms with Crippen molar-refractivity contribution in [2.24, 2.45) is 0 Å². The van der Waals surface area contributed by atoms with Crippen LogP contribution < -0.4 is 0 Å². The Labute approximate surface area is 143 Å². The Bertz CT molecular complexity index is 958. The maximum Gasteiger partial charge on any atom is 0.0255 e. The zero-order valence-electron chi connectivity index (χ0n) is 12.8. The molecular formula is C24H10. The van der Waals surface area contributed by atoms with Crippen LogP contribution in [-0.2, 0) is 0 Å². The van der Waals surface area contributed by atoms with Crippen LogP contribution in [-0.4, -0.2) is 0 Å². The monoisotopic (exact) mass is 300 g/mol. The van der Waals surface area contributed by atoms with Gasteiger partial charge in [-0.05, 0) is 83.5 Å². The minimum Gasteiger partial charge on any atom is -0.0622 e. The van der Waals surface area contributed by atoms with Crippen LogP contribution in [0.3, 0.4) is 0 Å². The van der Waals surface area contributed by atoms with Gasteiger partial charge in [0.25, 0.3) is 0 Å². The second-order valence-corrected chi connectivity index (χ2v) is 4.23. The molecule has 2 rings (SSSR count). The van der Waals surface area contributed by atoms with E-state index in [2.05, 4.69) is 71.0 Å². The van der Waals surface area contributed by atoms with E-state index in [0.717, 1.165) is 11.1 Å². The van der Waals surface area contributed by atoms with Crippen LogP contribution in [0.5, 0.6) is 0 Å². The first-order chi connectivity index (χ1) is 11.9. The Hall–Kier alpha value is -4.20. The Morgan fingerprint density at radius 3 is 0.958 bits per heavy atom. The molecule has 106 valence electrons. The molecule has 0 atom stereocenters. The average molecular weight is 300 g/mol. The minimum absolute atomic E-state index is 0.923. The third-order valence-electron chi connectivity index (χ3n) is 2.52. The van der Waals surface area contributed by atoms with Gasteiger partial charge in [-0.15, -0.1) is 0 Å². The summed E-state index contributed by atoms with van der Waals surface area (Å²) < 4.78 is 0.